The van der Waals surface area contributed by atoms with E-state index in [-0.39, 0.29) is 17.6 Å². The summed E-state index contributed by atoms with van der Waals surface area (Å²) in [5, 5.41) is 3.91. The Bertz CT molecular complexity index is 963. The van der Waals surface area contributed by atoms with Gasteiger partial charge in [0.25, 0.3) is 0 Å². The third kappa shape index (κ3) is 3.17. The van der Waals surface area contributed by atoms with E-state index >= 15 is 0 Å². The Morgan fingerprint density at radius 3 is 2.81 bits per heavy atom. The number of nitrogens with zero attached hydrogens (tertiary/aromatic N) is 2. The van der Waals surface area contributed by atoms with Gasteiger partial charge in [0.2, 0.25) is 5.91 Å². The molecule has 1 saturated heterocycles. The highest BCUT2D eigenvalue weighted by molar-refractivity contribution is 7.22. The van der Waals surface area contributed by atoms with E-state index in [0.717, 1.165) is 26.6 Å². The number of benzene rings is 2. The van der Waals surface area contributed by atoms with Crippen molar-refractivity contribution in [1.29, 1.82) is 0 Å². The molecule has 0 saturated carbocycles. The Labute approximate surface area is 155 Å². The first-order valence-corrected chi connectivity index (χ1v) is 9.54. The quantitative estimate of drug-likeness (QED) is 0.729. The minimum atomic E-state index is -0.252. The van der Waals surface area contributed by atoms with E-state index in [4.69, 9.17) is 0 Å². The lowest BCUT2D eigenvalue weighted by molar-refractivity contribution is -0.120. The first-order chi connectivity index (χ1) is 12.5. The molecule has 2 aromatic carbocycles. The molecule has 1 fully saturated rings. The molecule has 0 unspecified atom stereocenters. The lowest BCUT2D eigenvalue weighted by Crippen LogP contribution is -2.52. The Morgan fingerprint density at radius 1 is 1.27 bits per heavy atom. The number of carbonyl (C=O) groups is 1. The van der Waals surface area contributed by atoms with Crippen molar-refractivity contribution in [2.45, 2.75) is 19.8 Å². The highest BCUT2D eigenvalue weighted by Gasteiger charge is 2.34. The molecule has 0 bridgehead atoms. The van der Waals surface area contributed by atoms with Crippen LogP contribution >= 0.6 is 11.3 Å². The van der Waals surface area contributed by atoms with Gasteiger partial charge in [-0.05, 0) is 35.7 Å². The molecule has 0 aliphatic carbocycles. The summed E-state index contributed by atoms with van der Waals surface area (Å²) in [7, 11) is 0. The molecule has 2 heterocycles. The molecule has 1 N–H and O–H groups in total. The summed E-state index contributed by atoms with van der Waals surface area (Å²) in [5.74, 6) is 0.0883. The first kappa shape index (κ1) is 17.0. The predicted octanol–water partition coefficient (Wildman–Crippen LogP) is 4.63. The van der Waals surface area contributed by atoms with Crippen LogP contribution in [0.4, 0.5) is 15.2 Å². The molecule has 6 heteroatoms. The number of thiazole rings is 1. The highest BCUT2D eigenvalue weighted by atomic mass is 32.1. The van der Waals surface area contributed by atoms with Gasteiger partial charge in [-0.25, -0.2) is 9.37 Å². The van der Waals surface area contributed by atoms with Gasteiger partial charge in [-0.15, -0.1) is 0 Å². The van der Waals surface area contributed by atoms with Gasteiger partial charge < -0.3 is 10.2 Å². The SMILES string of the molecule is CC(C)c1ccccc1NC(=O)C1CN(c2nc3ccc(F)cc3s2)C1. The van der Waals surface area contributed by atoms with E-state index in [1.165, 1.54) is 23.5 Å². The van der Waals surface area contributed by atoms with E-state index in [9.17, 15) is 9.18 Å². The maximum absolute atomic E-state index is 13.3. The third-order valence-electron chi connectivity index (χ3n) is 4.70. The number of fused-ring (bicyclic) bond motifs is 1. The van der Waals surface area contributed by atoms with Crippen molar-refractivity contribution >= 4 is 38.3 Å². The lowest BCUT2D eigenvalue weighted by atomic mass is 9.98. The fourth-order valence-corrected chi connectivity index (χ4v) is 4.18. The smallest absolute Gasteiger partial charge is 0.231 e. The molecule has 1 aliphatic rings. The number of carbonyl (C=O) groups excluding carboxylic acids is 1. The number of hydrogen-bond donors (Lipinski definition) is 1. The average molecular weight is 369 g/mol. The van der Waals surface area contributed by atoms with Gasteiger partial charge in [-0.2, -0.15) is 0 Å². The predicted molar refractivity (Wildman–Crippen MR) is 104 cm³/mol. The molecule has 134 valence electrons. The number of anilines is 2. The van der Waals surface area contributed by atoms with Gasteiger partial charge in [0, 0.05) is 18.8 Å². The summed E-state index contributed by atoms with van der Waals surface area (Å²) in [6.07, 6.45) is 0. The molecule has 4 rings (SSSR count). The van der Waals surface area contributed by atoms with Crippen molar-refractivity contribution in [2.75, 3.05) is 23.3 Å². The van der Waals surface area contributed by atoms with E-state index < -0.39 is 0 Å². The topological polar surface area (TPSA) is 45.2 Å². The minimum Gasteiger partial charge on any atom is -0.346 e. The first-order valence-electron chi connectivity index (χ1n) is 8.72. The maximum Gasteiger partial charge on any atom is 0.231 e. The number of hydrogen-bond acceptors (Lipinski definition) is 4. The third-order valence-corrected chi connectivity index (χ3v) is 5.78. The fraction of sp³-hybridized carbons (Fsp3) is 0.300. The van der Waals surface area contributed by atoms with Crippen LogP contribution in [0.5, 0.6) is 0 Å². The van der Waals surface area contributed by atoms with E-state index in [0.29, 0.717) is 19.0 Å². The molecule has 26 heavy (non-hydrogen) atoms. The molecule has 0 atom stereocenters. The second-order valence-electron chi connectivity index (χ2n) is 6.94. The van der Waals surface area contributed by atoms with Crippen LogP contribution in [-0.4, -0.2) is 24.0 Å². The summed E-state index contributed by atoms with van der Waals surface area (Å²) in [6.45, 7) is 5.51. The van der Waals surface area contributed by atoms with Crippen LogP contribution in [0.25, 0.3) is 10.2 Å². The summed E-state index contributed by atoms with van der Waals surface area (Å²) in [5.41, 5.74) is 2.83. The van der Waals surface area contributed by atoms with Gasteiger partial charge in [0.05, 0.1) is 16.1 Å². The average Bonchev–Trinajstić information content (AvgIpc) is 2.96. The zero-order valence-corrected chi connectivity index (χ0v) is 15.5. The van der Waals surface area contributed by atoms with E-state index in [1.807, 2.05) is 24.3 Å². The van der Waals surface area contributed by atoms with Crippen LogP contribution in [0.2, 0.25) is 0 Å². The second kappa shape index (κ2) is 6.68. The van der Waals surface area contributed by atoms with Gasteiger partial charge in [0.1, 0.15) is 5.82 Å². The second-order valence-corrected chi connectivity index (χ2v) is 7.95. The molecular formula is C20H20FN3OS. The van der Waals surface area contributed by atoms with Crippen molar-refractivity contribution < 1.29 is 9.18 Å². The molecule has 1 amide bonds. The van der Waals surface area contributed by atoms with Crippen LogP contribution in [0, 0.1) is 11.7 Å². The minimum absolute atomic E-state index is 0.0431. The van der Waals surface area contributed by atoms with Crippen molar-refractivity contribution in [1.82, 2.24) is 4.98 Å². The fourth-order valence-electron chi connectivity index (χ4n) is 3.17. The van der Waals surface area contributed by atoms with Gasteiger partial charge >= 0.3 is 0 Å². The number of amides is 1. The Morgan fingerprint density at radius 2 is 2.04 bits per heavy atom. The van der Waals surface area contributed by atoms with Gasteiger partial charge in [-0.3, -0.25) is 4.79 Å². The van der Waals surface area contributed by atoms with Crippen LogP contribution in [-0.2, 0) is 4.79 Å². The van der Waals surface area contributed by atoms with Crippen LogP contribution in [0.1, 0.15) is 25.3 Å². The monoisotopic (exact) mass is 369 g/mol. The lowest BCUT2D eigenvalue weighted by Gasteiger charge is -2.38. The van der Waals surface area contributed by atoms with Crippen molar-refractivity contribution in [3.8, 4) is 0 Å². The molecular weight excluding hydrogens is 349 g/mol. The molecule has 0 spiro atoms. The van der Waals surface area contributed by atoms with Crippen molar-refractivity contribution in [3.63, 3.8) is 0 Å². The van der Waals surface area contributed by atoms with E-state index in [2.05, 4.69) is 29.0 Å². The van der Waals surface area contributed by atoms with Gasteiger partial charge in [-0.1, -0.05) is 43.4 Å². The molecule has 0 radical (unpaired) electrons. The molecule has 4 nitrogen and oxygen atoms in total. The van der Waals surface area contributed by atoms with E-state index in [1.54, 1.807) is 6.07 Å². The number of aromatic nitrogens is 1. The largest absolute Gasteiger partial charge is 0.346 e. The Hall–Kier alpha value is -2.47. The number of rotatable bonds is 4. The Balaban J connectivity index is 1.42. The van der Waals surface area contributed by atoms with Crippen molar-refractivity contribution in [3.05, 3.63) is 53.8 Å². The normalized spacial score (nSPS) is 14.7. The van der Waals surface area contributed by atoms with Crippen LogP contribution in [0.15, 0.2) is 42.5 Å². The summed E-state index contributed by atoms with van der Waals surface area (Å²) >= 11 is 1.46. The van der Waals surface area contributed by atoms with Gasteiger partial charge in [0.15, 0.2) is 5.13 Å². The number of halogens is 1. The number of para-hydroxylation sites is 1. The molecule has 1 aliphatic heterocycles. The summed E-state index contributed by atoms with van der Waals surface area (Å²) in [4.78, 5) is 19.2. The summed E-state index contributed by atoms with van der Waals surface area (Å²) in [6, 6.07) is 12.5. The van der Waals surface area contributed by atoms with Crippen LogP contribution in [0.3, 0.4) is 0 Å². The highest BCUT2D eigenvalue weighted by Crippen LogP contribution is 2.34. The zero-order chi connectivity index (χ0) is 18.3. The van der Waals surface area contributed by atoms with Crippen molar-refractivity contribution in [2.24, 2.45) is 5.92 Å². The Kier molecular flexibility index (Phi) is 4.36. The zero-order valence-electron chi connectivity index (χ0n) is 14.7. The summed E-state index contributed by atoms with van der Waals surface area (Å²) < 4.78 is 14.2. The molecule has 1 aromatic heterocycles. The standard InChI is InChI=1S/C20H20FN3OS/c1-12(2)15-5-3-4-6-16(15)22-19(25)13-10-24(11-13)20-23-17-8-7-14(21)9-18(17)26-20/h3-9,12-13H,10-11H2,1-2H3,(H,22,25). The number of nitrogens with one attached hydrogen (secondary N) is 1. The maximum atomic E-state index is 13.3. The molecule has 3 aromatic rings. The van der Waals surface area contributed by atoms with Crippen LogP contribution < -0.4 is 10.2 Å².